The quantitative estimate of drug-likeness (QED) is 0.493. The Morgan fingerprint density at radius 3 is 2.84 bits per heavy atom. The van der Waals surface area contributed by atoms with Gasteiger partial charge in [0.1, 0.15) is 11.8 Å². The van der Waals surface area contributed by atoms with Crippen LogP contribution in [0.25, 0.3) is 0 Å². The van der Waals surface area contributed by atoms with Crippen molar-refractivity contribution in [2.24, 2.45) is 0 Å². The lowest BCUT2D eigenvalue weighted by molar-refractivity contribution is -0.385. The number of nitro groups is 1. The van der Waals surface area contributed by atoms with E-state index in [1.165, 1.54) is 24.5 Å². The van der Waals surface area contributed by atoms with E-state index in [0.717, 1.165) is 0 Å². The van der Waals surface area contributed by atoms with Crippen molar-refractivity contribution in [3.05, 3.63) is 45.8 Å². The number of aryl methyl sites for hydroxylation is 1. The SMILES string of the molecule is Cc1coc(NC(=O)c2cc(N)ccc2[N+](=O)[O-])n1. The van der Waals surface area contributed by atoms with Crippen molar-refractivity contribution in [3.8, 4) is 0 Å². The van der Waals surface area contributed by atoms with E-state index < -0.39 is 10.8 Å². The molecule has 0 saturated carbocycles. The Morgan fingerprint density at radius 1 is 1.53 bits per heavy atom. The highest BCUT2D eigenvalue weighted by molar-refractivity contribution is 6.06. The number of amides is 1. The van der Waals surface area contributed by atoms with E-state index >= 15 is 0 Å². The first-order valence-corrected chi connectivity index (χ1v) is 5.25. The van der Waals surface area contributed by atoms with Gasteiger partial charge in [0, 0.05) is 11.8 Å². The average Bonchev–Trinajstić information content (AvgIpc) is 2.74. The number of carbonyl (C=O) groups excluding carboxylic acids is 1. The highest BCUT2D eigenvalue weighted by Crippen LogP contribution is 2.22. The molecule has 0 bridgehead atoms. The second-order valence-electron chi connectivity index (χ2n) is 3.78. The Balaban J connectivity index is 2.32. The molecule has 0 spiro atoms. The Morgan fingerprint density at radius 2 is 2.26 bits per heavy atom. The molecule has 19 heavy (non-hydrogen) atoms. The van der Waals surface area contributed by atoms with Gasteiger partial charge in [-0.05, 0) is 19.1 Å². The van der Waals surface area contributed by atoms with Crippen molar-refractivity contribution in [2.75, 3.05) is 11.1 Å². The molecule has 8 heteroatoms. The number of carbonyl (C=O) groups is 1. The molecule has 98 valence electrons. The predicted molar refractivity (Wildman–Crippen MR) is 66.7 cm³/mol. The summed E-state index contributed by atoms with van der Waals surface area (Å²) >= 11 is 0. The Labute approximate surface area is 107 Å². The lowest BCUT2D eigenvalue weighted by Crippen LogP contribution is -2.14. The summed E-state index contributed by atoms with van der Waals surface area (Å²) in [5.74, 6) is -0.708. The molecule has 3 N–H and O–H groups in total. The number of aromatic nitrogens is 1. The van der Waals surface area contributed by atoms with E-state index in [1.54, 1.807) is 6.92 Å². The van der Waals surface area contributed by atoms with E-state index in [2.05, 4.69) is 10.3 Å². The Hall–Kier alpha value is -2.90. The molecule has 0 fully saturated rings. The molecule has 0 aliphatic heterocycles. The molecule has 0 saturated heterocycles. The number of nitrogen functional groups attached to an aromatic ring is 1. The smallest absolute Gasteiger partial charge is 0.301 e. The normalized spacial score (nSPS) is 10.2. The number of nitro benzene ring substituents is 1. The van der Waals surface area contributed by atoms with Crippen LogP contribution < -0.4 is 11.1 Å². The van der Waals surface area contributed by atoms with Crippen LogP contribution in [0, 0.1) is 17.0 Å². The standard InChI is InChI=1S/C11H10N4O4/c1-6-5-19-11(13-6)14-10(16)8-4-7(12)2-3-9(8)15(17)18/h2-5H,12H2,1H3,(H,13,14,16). The molecule has 0 unspecified atom stereocenters. The van der Waals surface area contributed by atoms with Crippen LogP contribution in [-0.2, 0) is 0 Å². The van der Waals surface area contributed by atoms with Crippen LogP contribution in [0.1, 0.15) is 16.1 Å². The number of nitrogens with zero attached hydrogens (tertiary/aromatic N) is 2. The number of nitrogens with one attached hydrogen (secondary N) is 1. The van der Waals surface area contributed by atoms with Gasteiger partial charge < -0.3 is 10.2 Å². The van der Waals surface area contributed by atoms with Gasteiger partial charge in [0.15, 0.2) is 0 Å². The minimum Gasteiger partial charge on any atom is -0.432 e. The zero-order valence-corrected chi connectivity index (χ0v) is 9.91. The number of rotatable bonds is 3. The fraction of sp³-hybridized carbons (Fsp3) is 0.0909. The largest absolute Gasteiger partial charge is 0.432 e. The summed E-state index contributed by atoms with van der Waals surface area (Å²) < 4.78 is 4.94. The minimum absolute atomic E-state index is 0.0285. The first-order valence-electron chi connectivity index (χ1n) is 5.25. The summed E-state index contributed by atoms with van der Waals surface area (Å²) in [5, 5.41) is 13.2. The topological polar surface area (TPSA) is 124 Å². The summed E-state index contributed by atoms with van der Waals surface area (Å²) in [6, 6.07) is 3.72. The lowest BCUT2D eigenvalue weighted by Gasteiger charge is -2.03. The second kappa shape index (κ2) is 4.77. The summed E-state index contributed by atoms with van der Waals surface area (Å²) in [5.41, 5.74) is 5.86. The number of oxazole rings is 1. The third-order valence-corrected chi connectivity index (χ3v) is 2.30. The maximum absolute atomic E-state index is 11.9. The molecule has 8 nitrogen and oxygen atoms in total. The van der Waals surface area contributed by atoms with Crippen LogP contribution in [0.5, 0.6) is 0 Å². The Bertz CT molecular complexity index is 650. The van der Waals surface area contributed by atoms with Crippen molar-refractivity contribution < 1.29 is 14.1 Å². The van der Waals surface area contributed by atoms with Gasteiger partial charge in [-0.3, -0.25) is 20.2 Å². The van der Waals surface area contributed by atoms with Crippen molar-refractivity contribution in [3.63, 3.8) is 0 Å². The van der Waals surface area contributed by atoms with E-state index in [-0.39, 0.29) is 23.0 Å². The third-order valence-electron chi connectivity index (χ3n) is 2.30. The number of benzene rings is 1. The lowest BCUT2D eigenvalue weighted by atomic mass is 10.1. The maximum Gasteiger partial charge on any atom is 0.301 e. The summed E-state index contributed by atoms with van der Waals surface area (Å²) in [6.45, 7) is 1.68. The molecule has 1 aromatic heterocycles. The summed E-state index contributed by atoms with van der Waals surface area (Å²) in [7, 11) is 0. The monoisotopic (exact) mass is 262 g/mol. The van der Waals surface area contributed by atoms with E-state index in [0.29, 0.717) is 5.69 Å². The molecule has 2 aromatic rings. The van der Waals surface area contributed by atoms with Gasteiger partial charge >= 0.3 is 6.01 Å². The van der Waals surface area contributed by atoms with E-state index in [9.17, 15) is 14.9 Å². The van der Waals surface area contributed by atoms with Gasteiger partial charge in [-0.2, -0.15) is 4.98 Å². The second-order valence-corrected chi connectivity index (χ2v) is 3.78. The maximum atomic E-state index is 11.9. The van der Waals surface area contributed by atoms with Gasteiger partial charge in [-0.25, -0.2) is 0 Å². The number of hydrogen-bond acceptors (Lipinski definition) is 6. The van der Waals surface area contributed by atoms with Gasteiger partial charge in [-0.1, -0.05) is 0 Å². The first-order chi connectivity index (χ1) is 8.97. The molecule has 1 heterocycles. The van der Waals surface area contributed by atoms with Gasteiger partial charge in [-0.15, -0.1) is 0 Å². The predicted octanol–water partition coefficient (Wildman–Crippen LogP) is 1.73. The molecular formula is C11H10N4O4. The summed E-state index contributed by atoms with van der Waals surface area (Å²) in [4.78, 5) is 26.0. The average molecular weight is 262 g/mol. The van der Waals surface area contributed by atoms with Crippen molar-refractivity contribution in [1.29, 1.82) is 0 Å². The van der Waals surface area contributed by atoms with Crippen molar-refractivity contribution in [2.45, 2.75) is 6.92 Å². The first kappa shape index (κ1) is 12.6. The van der Waals surface area contributed by atoms with Crippen LogP contribution in [0.3, 0.4) is 0 Å². The van der Waals surface area contributed by atoms with Crippen LogP contribution in [0.4, 0.5) is 17.4 Å². The molecule has 1 aromatic carbocycles. The fourth-order valence-corrected chi connectivity index (χ4v) is 1.47. The van der Waals surface area contributed by atoms with E-state index in [4.69, 9.17) is 10.2 Å². The van der Waals surface area contributed by atoms with Gasteiger partial charge in [0.25, 0.3) is 11.6 Å². The molecule has 2 rings (SSSR count). The third kappa shape index (κ3) is 2.68. The molecule has 0 aliphatic carbocycles. The van der Waals surface area contributed by atoms with Gasteiger partial charge in [0.05, 0.1) is 10.6 Å². The molecule has 0 aliphatic rings. The molecule has 0 atom stereocenters. The highest BCUT2D eigenvalue weighted by Gasteiger charge is 2.21. The van der Waals surface area contributed by atoms with Crippen molar-refractivity contribution in [1.82, 2.24) is 4.98 Å². The zero-order valence-electron chi connectivity index (χ0n) is 9.91. The Kier molecular flexibility index (Phi) is 3.15. The summed E-state index contributed by atoms with van der Waals surface area (Å²) in [6.07, 6.45) is 1.35. The van der Waals surface area contributed by atoms with Gasteiger partial charge in [0.2, 0.25) is 0 Å². The number of nitrogens with two attached hydrogens (primary N) is 1. The zero-order chi connectivity index (χ0) is 14.0. The van der Waals surface area contributed by atoms with Crippen LogP contribution >= 0.6 is 0 Å². The number of anilines is 2. The number of hydrogen-bond donors (Lipinski definition) is 2. The molecule has 0 radical (unpaired) electrons. The molecule has 1 amide bonds. The van der Waals surface area contributed by atoms with Crippen molar-refractivity contribution >= 4 is 23.3 Å². The van der Waals surface area contributed by atoms with Crippen LogP contribution in [0.2, 0.25) is 0 Å². The van der Waals surface area contributed by atoms with Crippen LogP contribution in [0.15, 0.2) is 28.9 Å². The highest BCUT2D eigenvalue weighted by atomic mass is 16.6. The molecular weight excluding hydrogens is 252 g/mol. The van der Waals surface area contributed by atoms with Crippen LogP contribution in [-0.4, -0.2) is 15.8 Å². The fourth-order valence-electron chi connectivity index (χ4n) is 1.47. The van der Waals surface area contributed by atoms with E-state index in [1.807, 2.05) is 0 Å². The minimum atomic E-state index is -0.708.